The van der Waals surface area contributed by atoms with Gasteiger partial charge in [-0.25, -0.2) is 0 Å². The Bertz CT molecular complexity index is 572. The lowest BCUT2D eigenvalue weighted by Gasteiger charge is -2.22. The van der Waals surface area contributed by atoms with Gasteiger partial charge in [0.1, 0.15) is 11.5 Å². The fourth-order valence-electron chi connectivity index (χ4n) is 2.92. The molecule has 0 radical (unpaired) electrons. The quantitative estimate of drug-likeness (QED) is 0.850. The van der Waals surface area contributed by atoms with Gasteiger partial charge in [-0.3, -0.25) is 9.58 Å². The van der Waals surface area contributed by atoms with Gasteiger partial charge < -0.3 is 4.52 Å². The zero-order valence-corrected chi connectivity index (χ0v) is 11.8. The molecule has 1 aliphatic heterocycles. The van der Waals surface area contributed by atoms with Crippen LogP contribution < -0.4 is 0 Å². The molecule has 1 atom stereocenters. The third-order valence-electron chi connectivity index (χ3n) is 3.84. The van der Waals surface area contributed by atoms with Gasteiger partial charge in [0.2, 0.25) is 0 Å². The lowest BCUT2D eigenvalue weighted by Crippen LogP contribution is -2.23. The van der Waals surface area contributed by atoms with Crippen molar-refractivity contribution in [2.24, 2.45) is 7.05 Å². The molecule has 2 aromatic heterocycles. The van der Waals surface area contributed by atoms with Crippen LogP contribution in [0.1, 0.15) is 41.6 Å². The van der Waals surface area contributed by atoms with E-state index in [1.165, 1.54) is 12.0 Å². The SMILES string of the molecule is Cc1cc([C@@H]2CCCN2Cc2cn(C)nc2C)no1. The van der Waals surface area contributed by atoms with Crippen molar-refractivity contribution in [2.75, 3.05) is 6.54 Å². The highest BCUT2D eigenvalue weighted by Crippen LogP contribution is 2.32. The van der Waals surface area contributed by atoms with Crippen molar-refractivity contribution < 1.29 is 4.52 Å². The van der Waals surface area contributed by atoms with Gasteiger partial charge in [-0.15, -0.1) is 0 Å². The number of likely N-dealkylation sites (tertiary alicyclic amines) is 1. The van der Waals surface area contributed by atoms with E-state index in [-0.39, 0.29) is 0 Å². The summed E-state index contributed by atoms with van der Waals surface area (Å²) in [6, 6.07) is 2.44. The molecule has 2 aromatic rings. The van der Waals surface area contributed by atoms with Crippen LogP contribution >= 0.6 is 0 Å². The minimum atomic E-state index is 0.386. The maximum absolute atomic E-state index is 5.21. The van der Waals surface area contributed by atoms with Crippen LogP contribution in [0, 0.1) is 13.8 Å². The van der Waals surface area contributed by atoms with E-state index in [0.717, 1.165) is 36.7 Å². The first-order chi connectivity index (χ1) is 9.13. The first-order valence-electron chi connectivity index (χ1n) is 6.80. The molecule has 0 bridgehead atoms. The summed E-state index contributed by atoms with van der Waals surface area (Å²) >= 11 is 0. The lowest BCUT2D eigenvalue weighted by molar-refractivity contribution is 0.236. The fourth-order valence-corrected chi connectivity index (χ4v) is 2.92. The molecule has 19 heavy (non-hydrogen) atoms. The van der Waals surface area contributed by atoms with E-state index in [2.05, 4.69) is 34.3 Å². The average molecular weight is 260 g/mol. The summed E-state index contributed by atoms with van der Waals surface area (Å²) in [5.41, 5.74) is 3.48. The number of aromatic nitrogens is 3. The number of hydrogen-bond donors (Lipinski definition) is 0. The zero-order chi connectivity index (χ0) is 13.4. The third-order valence-corrected chi connectivity index (χ3v) is 3.84. The molecule has 0 aromatic carbocycles. The monoisotopic (exact) mass is 260 g/mol. The highest BCUT2D eigenvalue weighted by Gasteiger charge is 2.29. The third kappa shape index (κ3) is 2.42. The summed E-state index contributed by atoms with van der Waals surface area (Å²) in [7, 11) is 1.97. The largest absolute Gasteiger partial charge is 0.361 e. The maximum atomic E-state index is 5.21. The summed E-state index contributed by atoms with van der Waals surface area (Å²) in [6.45, 7) is 6.07. The molecule has 1 saturated heterocycles. The summed E-state index contributed by atoms with van der Waals surface area (Å²) in [5.74, 6) is 0.888. The van der Waals surface area contributed by atoms with Gasteiger partial charge in [-0.2, -0.15) is 5.10 Å². The van der Waals surface area contributed by atoms with Gasteiger partial charge in [0.25, 0.3) is 0 Å². The second kappa shape index (κ2) is 4.81. The van der Waals surface area contributed by atoms with Crippen LogP contribution in [0.4, 0.5) is 0 Å². The minimum absolute atomic E-state index is 0.386. The van der Waals surface area contributed by atoms with Gasteiger partial charge in [0, 0.05) is 31.4 Å². The zero-order valence-electron chi connectivity index (χ0n) is 11.8. The van der Waals surface area contributed by atoms with Crippen LogP contribution in [-0.4, -0.2) is 26.4 Å². The Morgan fingerprint density at radius 3 is 2.89 bits per heavy atom. The van der Waals surface area contributed by atoms with Gasteiger partial charge in [-0.1, -0.05) is 5.16 Å². The Morgan fingerprint density at radius 1 is 1.42 bits per heavy atom. The first-order valence-corrected chi connectivity index (χ1v) is 6.80. The van der Waals surface area contributed by atoms with Crippen LogP contribution in [0.3, 0.4) is 0 Å². The molecule has 0 unspecified atom stereocenters. The van der Waals surface area contributed by atoms with E-state index in [9.17, 15) is 0 Å². The van der Waals surface area contributed by atoms with E-state index < -0.39 is 0 Å². The standard InChI is InChI=1S/C14H20N4O/c1-10-7-13(16-19-10)14-5-4-6-18(14)9-12-8-17(3)15-11(12)2/h7-8,14H,4-6,9H2,1-3H3/t14-/m0/s1. The molecule has 0 amide bonds. The molecular formula is C14H20N4O. The van der Waals surface area contributed by atoms with Crippen molar-refractivity contribution in [1.82, 2.24) is 19.8 Å². The Morgan fingerprint density at radius 2 is 2.26 bits per heavy atom. The maximum Gasteiger partial charge on any atom is 0.133 e. The Labute approximate surface area is 113 Å². The van der Waals surface area contributed by atoms with Crippen molar-refractivity contribution in [1.29, 1.82) is 0 Å². The molecule has 0 saturated carbocycles. The summed E-state index contributed by atoms with van der Waals surface area (Å²) in [4.78, 5) is 2.47. The molecule has 3 heterocycles. The predicted molar refractivity (Wildman–Crippen MR) is 71.6 cm³/mol. The Balaban J connectivity index is 1.78. The molecule has 1 fully saturated rings. The Hall–Kier alpha value is -1.62. The van der Waals surface area contributed by atoms with Crippen molar-refractivity contribution in [2.45, 2.75) is 39.3 Å². The number of aryl methyl sites for hydroxylation is 3. The van der Waals surface area contributed by atoms with Crippen LogP contribution in [0.15, 0.2) is 16.8 Å². The topological polar surface area (TPSA) is 47.1 Å². The number of hydrogen-bond acceptors (Lipinski definition) is 4. The fraction of sp³-hybridized carbons (Fsp3) is 0.571. The van der Waals surface area contributed by atoms with E-state index in [0.29, 0.717) is 6.04 Å². The van der Waals surface area contributed by atoms with Crippen LogP contribution in [0.5, 0.6) is 0 Å². The first kappa shape index (κ1) is 12.4. The Kier molecular flexibility index (Phi) is 3.14. The van der Waals surface area contributed by atoms with E-state index >= 15 is 0 Å². The predicted octanol–water partition coefficient (Wildman–Crippen LogP) is 2.36. The highest BCUT2D eigenvalue weighted by molar-refractivity contribution is 5.17. The van der Waals surface area contributed by atoms with E-state index in [1.54, 1.807) is 0 Å². The summed E-state index contributed by atoms with van der Waals surface area (Å²) in [5, 5.41) is 8.59. The average Bonchev–Trinajstić information content (AvgIpc) is 3.02. The van der Waals surface area contributed by atoms with Gasteiger partial charge in [-0.05, 0) is 33.2 Å². The van der Waals surface area contributed by atoms with Crippen molar-refractivity contribution in [3.8, 4) is 0 Å². The smallest absolute Gasteiger partial charge is 0.133 e. The molecule has 102 valence electrons. The van der Waals surface area contributed by atoms with Crippen molar-refractivity contribution in [3.05, 3.63) is 35.0 Å². The molecule has 0 aliphatic carbocycles. The second-order valence-electron chi connectivity index (χ2n) is 5.40. The van der Waals surface area contributed by atoms with Crippen molar-refractivity contribution >= 4 is 0 Å². The molecule has 0 spiro atoms. The van der Waals surface area contributed by atoms with Gasteiger partial charge in [0.05, 0.1) is 11.7 Å². The number of rotatable bonds is 3. The molecule has 5 nitrogen and oxygen atoms in total. The van der Waals surface area contributed by atoms with Crippen LogP contribution in [-0.2, 0) is 13.6 Å². The van der Waals surface area contributed by atoms with Crippen molar-refractivity contribution in [3.63, 3.8) is 0 Å². The minimum Gasteiger partial charge on any atom is -0.361 e. The van der Waals surface area contributed by atoms with E-state index in [4.69, 9.17) is 4.52 Å². The van der Waals surface area contributed by atoms with E-state index in [1.807, 2.05) is 18.7 Å². The van der Waals surface area contributed by atoms with Crippen LogP contribution in [0.25, 0.3) is 0 Å². The van der Waals surface area contributed by atoms with Gasteiger partial charge in [0.15, 0.2) is 0 Å². The molecule has 0 N–H and O–H groups in total. The lowest BCUT2D eigenvalue weighted by atomic mass is 10.1. The number of nitrogens with zero attached hydrogens (tertiary/aromatic N) is 4. The molecule has 1 aliphatic rings. The highest BCUT2D eigenvalue weighted by atomic mass is 16.5. The van der Waals surface area contributed by atoms with Crippen LogP contribution in [0.2, 0.25) is 0 Å². The molecule has 5 heteroatoms. The summed E-state index contributed by atoms with van der Waals surface area (Å²) in [6.07, 6.45) is 4.49. The second-order valence-corrected chi connectivity index (χ2v) is 5.40. The molecular weight excluding hydrogens is 240 g/mol. The molecule has 3 rings (SSSR count). The normalized spacial score (nSPS) is 20.3. The summed E-state index contributed by atoms with van der Waals surface area (Å²) < 4.78 is 7.10. The van der Waals surface area contributed by atoms with Gasteiger partial charge >= 0.3 is 0 Å².